The van der Waals surface area contributed by atoms with Crippen LogP contribution in [0.3, 0.4) is 0 Å². The van der Waals surface area contributed by atoms with Gasteiger partial charge in [-0.05, 0) is 53.4 Å². The molecular formula is C20H14ClN3O2S. The maximum atomic E-state index is 12.1. The van der Waals surface area contributed by atoms with Crippen LogP contribution in [-0.4, -0.2) is 16.0 Å². The topological polar surface area (TPSA) is 68.0 Å². The fourth-order valence-electron chi connectivity index (χ4n) is 2.52. The van der Waals surface area contributed by atoms with E-state index in [9.17, 15) is 4.79 Å². The van der Waals surface area contributed by atoms with Gasteiger partial charge in [0.25, 0.3) is 5.91 Å². The number of anilines is 1. The van der Waals surface area contributed by atoms with Gasteiger partial charge in [0.05, 0.1) is 11.3 Å². The third kappa shape index (κ3) is 4.24. The molecule has 0 bridgehead atoms. The summed E-state index contributed by atoms with van der Waals surface area (Å²) in [5.41, 5.74) is 2.57. The first-order valence-corrected chi connectivity index (χ1v) is 9.45. The number of nitrogens with zero attached hydrogens (tertiary/aromatic N) is 2. The number of carbonyl (C=O) groups excluding carboxylic acids is 1. The summed E-state index contributed by atoms with van der Waals surface area (Å²) in [5, 5.41) is 9.46. The summed E-state index contributed by atoms with van der Waals surface area (Å²) in [4.78, 5) is 17.2. The van der Waals surface area contributed by atoms with E-state index in [0.29, 0.717) is 33.7 Å². The molecule has 134 valence electrons. The van der Waals surface area contributed by atoms with Crippen LogP contribution >= 0.6 is 22.9 Å². The van der Waals surface area contributed by atoms with Crippen molar-refractivity contribution in [2.75, 3.05) is 5.32 Å². The molecule has 4 rings (SSSR count). The second-order valence-corrected chi connectivity index (χ2v) is 7.21. The molecule has 0 spiro atoms. The van der Waals surface area contributed by atoms with Crippen molar-refractivity contribution in [3.63, 3.8) is 0 Å². The van der Waals surface area contributed by atoms with Crippen LogP contribution in [0.5, 0.6) is 0 Å². The summed E-state index contributed by atoms with van der Waals surface area (Å²) in [6, 6.07) is 18.5. The standard InChI is InChI=1S/C20H14ClN3O2S/c21-15-7-3-13(4-8-15)12-18-23-19(24-26-18)14-5-9-16(10-6-14)22-20(25)17-2-1-11-27-17/h1-11H,12H2,(H,22,25). The Morgan fingerprint density at radius 2 is 1.85 bits per heavy atom. The average molecular weight is 396 g/mol. The van der Waals surface area contributed by atoms with E-state index >= 15 is 0 Å². The van der Waals surface area contributed by atoms with Gasteiger partial charge in [0.2, 0.25) is 11.7 Å². The summed E-state index contributed by atoms with van der Waals surface area (Å²) in [6.45, 7) is 0. The number of carbonyl (C=O) groups is 1. The first-order valence-electron chi connectivity index (χ1n) is 8.20. The van der Waals surface area contributed by atoms with Crippen molar-refractivity contribution in [1.82, 2.24) is 10.1 Å². The van der Waals surface area contributed by atoms with E-state index in [4.69, 9.17) is 16.1 Å². The molecule has 2 heterocycles. The fourth-order valence-corrected chi connectivity index (χ4v) is 3.27. The molecule has 7 heteroatoms. The van der Waals surface area contributed by atoms with Gasteiger partial charge < -0.3 is 9.84 Å². The quantitative estimate of drug-likeness (QED) is 0.498. The number of hydrogen-bond donors (Lipinski definition) is 1. The highest BCUT2D eigenvalue weighted by atomic mass is 35.5. The van der Waals surface area contributed by atoms with E-state index in [1.165, 1.54) is 11.3 Å². The predicted molar refractivity (Wildman–Crippen MR) is 106 cm³/mol. The molecule has 0 radical (unpaired) electrons. The Bertz CT molecular complexity index is 1040. The van der Waals surface area contributed by atoms with E-state index in [1.54, 1.807) is 6.07 Å². The Balaban J connectivity index is 1.44. The number of thiophene rings is 1. The molecule has 1 amide bonds. The van der Waals surface area contributed by atoms with Crippen molar-refractivity contribution < 1.29 is 9.32 Å². The summed E-state index contributed by atoms with van der Waals surface area (Å²) >= 11 is 7.30. The van der Waals surface area contributed by atoms with Crippen molar-refractivity contribution in [3.8, 4) is 11.4 Å². The smallest absolute Gasteiger partial charge is 0.265 e. The second kappa shape index (κ2) is 7.73. The second-order valence-electron chi connectivity index (χ2n) is 5.82. The number of benzene rings is 2. The highest BCUT2D eigenvalue weighted by Gasteiger charge is 2.11. The van der Waals surface area contributed by atoms with Crippen LogP contribution in [0.1, 0.15) is 21.1 Å². The first kappa shape index (κ1) is 17.5. The number of rotatable bonds is 5. The highest BCUT2D eigenvalue weighted by Crippen LogP contribution is 2.21. The molecule has 5 nitrogen and oxygen atoms in total. The highest BCUT2D eigenvalue weighted by molar-refractivity contribution is 7.12. The molecule has 0 saturated heterocycles. The Labute approximate surface area is 164 Å². The van der Waals surface area contributed by atoms with Gasteiger partial charge in [-0.1, -0.05) is 35.0 Å². The molecule has 0 aliphatic rings. The van der Waals surface area contributed by atoms with Crippen LogP contribution in [0.25, 0.3) is 11.4 Å². The van der Waals surface area contributed by atoms with Gasteiger partial charge >= 0.3 is 0 Å². The summed E-state index contributed by atoms with van der Waals surface area (Å²) in [7, 11) is 0. The summed E-state index contributed by atoms with van der Waals surface area (Å²) in [6.07, 6.45) is 0.541. The Kier molecular flexibility index (Phi) is 5.00. The SMILES string of the molecule is O=C(Nc1ccc(-c2noc(Cc3ccc(Cl)cc3)n2)cc1)c1cccs1. The normalized spacial score (nSPS) is 10.7. The third-order valence-corrected chi connectivity index (χ3v) is 5.00. The summed E-state index contributed by atoms with van der Waals surface area (Å²) in [5.74, 6) is 0.917. The number of amides is 1. The van der Waals surface area contributed by atoms with E-state index in [1.807, 2.05) is 60.0 Å². The third-order valence-electron chi connectivity index (χ3n) is 3.88. The average Bonchev–Trinajstić information content (AvgIpc) is 3.36. The van der Waals surface area contributed by atoms with Crippen LogP contribution < -0.4 is 5.32 Å². The Morgan fingerprint density at radius 3 is 2.56 bits per heavy atom. The van der Waals surface area contributed by atoms with Gasteiger partial charge in [0.1, 0.15) is 0 Å². The zero-order valence-electron chi connectivity index (χ0n) is 14.1. The van der Waals surface area contributed by atoms with Crippen molar-refractivity contribution >= 4 is 34.5 Å². The molecule has 0 saturated carbocycles. The minimum Gasteiger partial charge on any atom is -0.339 e. The molecule has 0 fully saturated rings. The largest absolute Gasteiger partial charge is 0.339 e. The molecule has 0 unspecified atom stereocenters. The van der Waals surface area contributed by atoms with Crippen molar-refractivity contribution in [2.45, 2.75) is 6.42 Å². The van der Waals surface area contributed by atoms with E-state index < -0.39 is 0 Å². The number of aromatic nitrogens is 2. The van der Waals surface area contributed by atoms with E-state index in [0.717, 1.165) is 11.1 Å². The lowest BCUT2D eigenvalue weighted by Gasteiger charge is -2.03. The van der Waals surface area contributed by atoms with Gasteiger partial charge in [-0.3, -0.25) is 4.79 Å². The first-order chi connectivity index (χ1) is 13.2. The van der Waals surface area contributed by atoms with Crippen LogP contribution in [0.2, 0.25) is 5.02 Å². The maximum absolute atomic E-state index is 12.1. The van der Waals surface area contributed by atoms with Crippen molar-refractivity contribution in [3.05, 3.63) is 87.4 Å². The van der Waals surface area contributed by atoms with Crippen LogP contribution in [0.15, 0.2) is 70.6 Å². The van der Waals surface area contributed by atoms with Crippen LogP contribution in [-0.2, 0) is 6.42 Å². The Hall–Kier alpha value is -2.96. The lowest BCUT2D eigenvalue weighted by molar-refractivity contribution is 0.103. The molecular weight excluding hydrogens is 382 g/mol. The van der Waals surface area contributed by atoms with E-state index in [-0.39, 0.29) is 5.91 Å². The number of nitrogens with one attached hydrogen (secondary N) is 1. The molecule has 27 heavy (non-hydrogen) atoms. The molecule has 4 aromatic rings. The lowest BCUT2D eigenvalue weighted by atomic mass is 10.1. The van der Waals surface area contributed by atoms with Gasteiger partial charge in [0, 0.05) is 16.3 Å². The number of halogens is 1. The Morgan fingerprint density at radius 1 is 1.07 bits per heavy atom. The van der Waals surface area contributed by atoms with Gasteiger partial charge in [-0.25, -0.2) is 0 Å². The predicted octanol–water partition coefficient (Wildman–Crippen LogP) is 5.29. The lowest BCUT2D eigenvalue weighted by Crippen LogP contribution is -2.09. The van der Waals surface area contributed by atoms with Gasteiger partial charge in [-0.2, -0.15) is 4.98 Å². The molecule has 0 aliphatic carbocycles. The van der Waals surface area contributed by atoms with Crippen LogP contribution in [0.4, 0.5) is 5.69 Å². The zero-order valence-corrected chi connectivity index (χ0v) is 15.6. The minimum atomic E-state index is -0.123. The fraction of sp³-hybridized carbons (Fsp3) is 0.0500. The molecule has 0 atom stereocenters. The molecule has 2 aromatic carbocycles. The molecule has 0 aliphatic heterocycles. The minimum absolute atomic E-state index is 0.123. The van der Waals surface area contributed by atoms with Crippen molar-refractivity contribution in [2.24, 2.45) is 0 Å². The van der Waals surface area contributed by atoms with Gasteiger partial charge in [0.15, 0.2) is 0 Å². The molecule has 2 aromatic heterocycles. The van der Waals surface area contributed by atoms with Crippen LogP contribution in [0, 0.1) is 0 Å². The maximum Gasteiger partial charge on any atom is 0.265 e. The summed E-state index contributed by atoms with van der Waals surface area (Å²) < 4.78 is 5.33. The molecule has 1 N–H and O–H groups in total. The van der Waals surface area contributed by atoms with E-state index in [2.05, 4.69) is 15.5 Å². The van der Waals surface area contributed by atoms with Gasteiger partial charge in [-0.15, -0.1) is 11.3 Å². The van der Waals surface area contributed by atoms with Crippen molar-refractivity contribution in [1.29, 1.82) is 0 Å². The monoisotopic (exact) mass is 395 g/mol. The zero-order chi connectivity index (χ0) is 18.6. The number of hydrogen-bond acceptors (Lipinski definition) is 5.